The van der Waals surface area contributed by atoms with Gasteiger partial charge in [-0.1, -0.05) is 0 Å². The van der Waals surface area contributed by atoms with E-state index < -0.39 is 0 Å². The van der Waals surface area contributed by atoms with Crippen molar-refractivity contribution < 1.29 is 4.74 Å². The van der Waals surface area contributed by atoms with E-state index in [9.17, 15) is 0 Å². The number of thiazole rings is 1. The van der Waals surface area contributed by atoms with E-state index in [1.54, 1.807) is 18.4 Å². The lowest BCUT2D eigenvalue weighted by atomic mass is 10.4. The number of nitrogens with one attached hydrogen (secondary N) is 1. The number of nitrogens with zero attached hydrogens (tertiary/aromatic N) is 3. The van der Waals surface area contributed by atoms with Crippen molar-refractivity contribution in [3.63, 3.8) is 0 Å². The molecule has 2 aromatic rings. The molecule has 0 unspecified atom stereocenters. The van der Waals surface area contributed by atoms with Gasteiger partial charge in [-0.15, -0.1) is 11.3 Å². The molecule has 0 bridgehead atoms. The van der Waals surface area contributed by atoms with Gasteiger partial charge in [0, 0.05) is 31.1 Å². The monoisotopic (exact) mass is 236 g/mol. The minimum atomic E-state index is 0.508. The van der Waals surface area contributed by atoms with Crippen molar-refractivity contribution in [2.45, 2.75) is 13.0 Å². The van der Waals surface area contributed by atoms with Gasteiger partial charge in [-0.2, -0.15) is 10.2 Å². The molecule has 0 aliphatic rings. The van der Waals surface area contributed by atoms with Crippen molar-refractivity contribution in [3.05, 3.63) is 17.3 Å². The molecule has 6 heteroatoms. The minimum Gasteiger partial charge on any atom is -0.480 e. The summed E-state index contributed by atoms with van der Waals surface area (Å²) in [4.78, 5) is 5.27. The molecule has 2 aromatic heterocycles. The van der Waals surface area contributed by atoms with Crippen LogP contribution in [0.2, 0.25) is 0 Å². The molecule has 0 amide bonds. The van der Waals surface area contributed by atoms with Crippen LogP contribution in [0, 0.1) is 11.3 Å². The number of hydrogen-bond donors (Lipinski definition) is 1. The Balaban J connectivity index is 2.14. The predicted molar refractivity (Wildman–Crippen MR) is 61.6 cm³/mol. The number of imidazole rings is 1. The number of rotatable bonds is 5. The summed E-state index contributed by atoms with van der Waals surface area (Å²) in [5, 5.41) is 13.6. The fourth-order valence-electron chi connectivity index (χ4n) is 1.49. The van der Waals surface area contributed by atoms with Crippen LogP contribution < -0.4 is 10.1 Å². The Morgan fingerprint density at radius 3 is 3.31 bits per heavy atom. The predicted octanol–water partition coefficient (Wildman–Crippen LogP) is 1.41. The second-order valence-electron chi connectivity index (χ2n) is 3.21. The molecule has 0 saturated carbocycles. The maximum Gasteiger partial charge on any atom is 0.237 e. The van der Waals surface area contributed by atoms with E-state index in [0.717, 1.165) is 10.7 Å². The summed E-state index contributed by atoms with van der Waals surface area (Å²) >= 11 is 1.57. The smallest absolute Gasteiger partial charge is 0.237 e. The highest BCUT2D eigenvalue weighted by Gasteiger charge is 2.12. The van der Waals surface area contributed by atoms with Crippen LogP contribution in [-0.2, 0) is 6.54 Å². The van der Waals surface area contributed by atoms with Gasteiger partial charge >= 0.3 is 0 Å². The van der Waals surface area contributed by atoms with Crippen LogP contribution in [0.5, 0.6) is 5.88 Å². The second kappa shape index (κ2) is 4.96. The van der Waals surface area contributed by atoms with Gasteiger partial charge in [-0.3, -0.25) is 4.40 Å². The van der Waals surface area contributed by atoms with Gasteiger partial charge in [0.05, 0.1) is 13.2 Å². The molecule has 0 spiro atoms. The first-order valence-corrected chi connectivity index (χ1v) is 5.81. The lowest BCUT2D eigenvalue weighted by molar-refractivity contribution is 0.393. The molecule has 2 rings (SSSR count). The minimum absolute atomic E-state index is 0.508. The topological polar surface area (TPSA) is 62.4 Å². The Hall–Kier alpha value is -1.58. The van der Waals surface area contributed by atoms with Crippen LogP contribution in [-0.4, -0.2) is 23.0 Å². The third-order valence-electron chi connectivity index (χ3n) is 2.22. The van der Waals surface area contributed by atoms with E-state index in [-0.39, 0.29) is 0 Å². The van der Waals surface area contributed by atoms with Crippen molar-refractivity contribution in [2.24, 2.45) is 0 Å². The van der Waals surface area contributed by atoms with Crippen LogP contribution >= 0.6 is 11.3 Å². The molecule has 84 valence electrons. The third-order valence-corrected chi connectivity index (χ3v) is 2.98. The first kappa shape index (κ1) is 10.9. The highest BCUT2D eigenvalue weighted by molar-refractivity contribution is 7.15. The van der Waals surface area contributed by atoms with E-state index >= 15 is 0 Å². The normalized spacial score (nSPS) is 10.5. The highest BCUT2D eigenvalue weighted by atomic mass is 32.1. The average Bonchev–Trinajstić information content (AvgIpc) is 2.85. The Bertz CT molecular complexity index is 510. The SMILES string of the molecule is COc1nc2sccn2c1CNCCC#N. The molecule has 0 fully saturated rings. The standard InChI is InChI=1S/C10H12N4OS/c1-15-9-8(7-12-4-2-3-11)14-5-6-16-10(14)13-9/h5-6,12H,2,4,7H2,1H3. The number of hydrogen-bond acceptors (Lipinski definition) is 5. The first-order chi connectivity index (χ1) is 7.86. The zero-order valence-corrected chi connectivity index (χ0v) is 9.75. The van der Waals surface area contributed by atoms with Crippen molar-refractivity contribution in [3.8, 4) is 11.9 Å². The van der Waals surface area contributed by atoms with E-state index in [0.29, 0.717) is 25.4 Å². The number of methoxy groups -OCH3 is 1. The molecular formula is C10H12N4OS. The molecule has 0 saturated heterocycles. The molecule has 0 atom stereocenters. The third kappa shape index (κ3) is 2.01. The summed E-state index contributed by atoms with van der Waals surface area (Å²) < 4.78 is 7.22. The van der Waals surface area contributed by atoms with E-state index in [1.807, 2.05) is 16.0 Å². The number of ether oxygens (including phenoxy) is 1. The molecular weight excluding hydrogens is 224 g/mol. The van der Waals surface area contributed by atoms with E-state index in [4.69, 9.17) is 10.00 Å². The van der Waals surface area contributed by atoms with Crippen molar-refractivity contribution in [1.29, 1.82) is 5.26 Å². The zero-order valence-electron chi connectivity index (χ0n) is 8.93. The molecule has 0 aliphatic carbocycles. The lowest BCUT2D eigenvalue weighted by Crippen LogP contribution is -2.15. The van der Waals surface area contributed by atoms with Crippen molar-refractivity contribution in [2.75, 3.05) is 13.7 Å². The number of aromatic nitrogens is 2. The van der Waals surface area contributed by atoms with Gasteiger partial charge < -0.3 is 10.1 Å². The van der Waals surface area contributed by atoms with Gasteiger partial charge in [-0.25, -0.2) is 0 Å². The fourth-order valence-corrected chi connectivity index (χ4v) is 2.21. The molecule has 1 N–H and O–H groups in total. The Morgan fingerprint density at radius 2 is 2.56 bits per heavy atom. The number of nitriles is 1. The Labute approximate surface area is 97.3 Å². The summed E-state index contributed by atoms with van der Waals surface area (Å²) in [7, 11) is 1.62. The maximum atomic E-state index is 8.43. The van der Waals surface area contributed by atoms with E-state index in [1.165, 1.54) is 0 Å². The summed E-state index contributed by atoms with van der Waals surface area (Å²) in [6.45, 7) is 1.33. The summed E-state index contributed by atoms with van der Waals surface area (Å²) in [5.41, 5.74) is 0.997. The van der Waals surface area contributed by atoms with Crippen molar-refractivity contribution in [1.82, 2.24) is 14.7 Å². The zero-order chi connectivity index (χ0) is 11.4. The van der Waals surface area contributed by atoms with Gasteiger partial charge in [0.1, 0.15) is 5.69 Å². The number of fused-ring (bicyclic) bond motifs is 1. The first-order valence-electron chi connectivity index (χ1n) is 4.93. The average molecular weight is 236 g/mol. The van der Waals surface area contributed by atoms with Gasteiger partial charge in [0.15, 0.2) is 4.96 Å². The Kier molecular flexibility index (Phi) is 3.39. The lowest BCUT2D eigenvalue weighted by Gasteiger charge is -2.03. The van der Waals surface area contributed by atoms with Crippen LogP contribution in [0.3, 0.4) is 0 Å². The highest BCUT2D eigenvalue weighted by Crippen LogP contribution is 2.22. The van der Waals surface area contributed by atoms with Gasteiger partial charge in [0.25, 0.3) is 0 Å². The van der Waals surface area contributed by atoms with Crippen molar-refractivity contribution >= 4 is 16.3 Å². The van der Waals surface area contributed by atoms with Crippen LogP contribution in [0.25, 0.3) is 4.96 Å². The van der Waals surface area contributed by atoms with Gasteiger partial charge in [0.2, 0.25) is 5.88 Å². The molecule has 0 radical (unpaired) electrons. The second-order valence-corrected chi connectivity index (χ2v) is 4.08. The Morgan fingerprint density at radius 1 is 1.69 bits per heavy atom. The van der Waals surface area contributed by atoms with Crippen LogP contribution in [0.4, 0.5) is 0 Å². The van der Waals surface area contributed by atoms with E-state index in [2.05, 4.69) is 16.4 Å². The molecule has 0 aliphatic heterocycles. The maximum absolute atomic E-state index is 8.43. The molecule has 5 nitrogen and oxygen atoms in total. The van der Waals surface area contributed by atoms with Crippen LogP contribution in [0.15, 0.2) is 11.6 Å². The van der Waals surface area contributed by atoms with Crippen LogP contribution in [0.1, 0.15) is 12.1 Å². The fraction of sp³-hybridized carbons (Fsp3) is 0.400. The largest absolute Gasteiger partial charge is 0.480 e. The van der Waals surface area contributed by atoms with Gasteiger partial charge in [-0.05, 0) is 0 Å². The summed E-state index contributed by atoms with van der Waals surface area (Å²) in [5.74, 6) is 0.649. The molecule has 2 heterocycles. The quantitative estimate of drug-likeness (QED) is 0.797. The summed E-state index contributed by atoms with van der Waals surface area (Å²) in [6.07, 6.45) is 2.48. The molecule has 0 aromatic carbocycles. The molecule has 16 heavy (non-hydrogen) atoms. The summed E-state index contributed by atoms with van der Waals surface area (Å²) in [6, 6.07) is 2.09.